The van der Waals surface area contributed by atoms with Crippen molar-refractivity contribution < 1.29 is 19.5 Å². The van der Waals surface area contributed by atoms with Crippen LogP contribution >= 0.6 is 0 Å². The lowest BCUT2D eigenvalue weighted by molar-refractivity contribution is -0.129. The molecule has 0 fully saturated rings. The van der Waals surface area contributed by atoms with Crippen LogP contribution in [0.3, 0.4) is 0 Å². The summed E-state index contributed by atoms with van der Waals surface area (Å²) in [5.74, 6) is 1.41. The number of fused-ring (bicyclic) bond motifs is 1. The molecule has 1 aromatic heterocycles. The maximum Gasteiger partial charge on any atom is 0.243 e. The Morgan fingerprint density at radius 3 is 2.77 bits per heavy atom. The molecule has 0 spiro atoms. The third-order valence-electron chi connectivity index (χ3n) is 4.78. The molecule has 3 rings (SSSR count). The van der Waals surface area contributed by atoms with Crippen LogP contribution in [0.1, 0.15) is 29.9 Å². The van der Waals surface area contributed by atoms with Gasteiger partial charge in [0.1, 0.15) is 17.9 Å². The SMILES string of the molecule is C#Cc1cccc(Nc2ncnc3cc(OC)c(C(CCC(=O)NO)C(N)=O)cc23)c1. The van der Waals surface area contributed by atoms with Gasteiger partial charge in [-0.25, -0.2) is 15.4 Å². The smallest absolute Gasteiger partial charge is 0.243 e. The molecule has 5 N–H and O–H groups in total. The highest BCUT2D eigenvalue weighted by Crippen LogP contribution is 2.35. The highest BCUT2D eigenvalue weighted by Gasteiger charge is 2.24. The molecule has 1 unspecified atom stereocenters. The Labute approximate surface area is 178 Å². The Kier molecular flexibility index (Phi) is 6.64. The van der Waals surface area contributed by atoms with Gasteiger partial charge >= 0.3 is 0 Å². The monoisotopic (exact) mass is 419 g/mol. The number of methoxy groups -OCH3 is 1. The number of terminal acetylenes is 1. The highest BCUT2D eigenvalue weighted by molar-refractivity contribution is 5.94. The van der Waals surface area contributed by atoms with Crippen molar-refractivity contribution in [3.8, 4) is 18.1 Å². The van der Waals surface area contributed by atoms with E-state index in [0.29, 0.717) is 33.6 Å². The number of ether oxygens (including phenoxy) is 1. The summed E-state index contributed by atoms with van der Waals surface area (Å²) in [6, 6.07) is 10.7. The van der Waals surface area contributed by atoms with Crippen LogP contribution < -0.4 is 21.3 Å². The molecule has 0 saturated heterocycles. The van der Waals surface area contributed by atoms with Gasteiger partial charge in [0.25, 0.3) is 0 Å². The first-order valence-electron chi connectivity index (χ1n) is 9.35. The van der Waals surface area contributed by atoms with Gasteiger partial charge in [0.05, 0.1) is 18.5 Å². The van der Waals surface area contributed by atoms with Crippen molar-refractivity contribution in [2.45, 2.75) is 18.8 Å². The topological polar surface area (TPSA) is 139 Å². The van der Waals surface area contributed by atoms with Crippen molar-refractivity contribution in [2.24, 2.45) is 5.73 Å². The zero-order valence-electron chi connectivity index (χ0n) is 16.8. The Bertz CT molecular complexity index is 1170. The predicted molar refractivity (Wildman–Crippen MR) is 115 cm³/mol. The van der Waals surface area contributed by atoms with E-state index in [4.69, 9.17) is 22.1 Å². The van der Waals surface area contributed by atoms with Gasteiger partial charge in [0.15, 0.2) is 0 Å². The molecule has 2 amide bonds. The van der Waals surface area contributed by atoms with E-state index in [-0.39, 0.29) is 12.8 Å². The number of rotatable bonds is 8. The summed E-state index contributed by atoms with van der Waals surface area (Å²) in [5, 5.41) is 12.6. The van der Waals surface area contributed by atoms with Gasteiger partial charge < -0.3 is 15.8 Å². The number of hydrogen-bond acceptors (Lipinski definition) is 7. The summed E-state index contributed by atoms with van der Waals surface area (Å²) in [6.07, 6.45) is 6.87. The first-order valence-corrected chi connectivity index (χ1v) is 9.35. The summed E-state index contributed by atoms with van der Waals surface area (Å²) in [4.78, 5) is 32.2. The van der Waals surface area contributed by atoms with E-state index in [2.05, 4.69) is 21.2 Å². The fourth-order valence-corrected chi connectivity index (χ4v) is 3.26. The lowest BCUT2D eigenvalue weighted by atomic mass is 9.91. The second-order valence-electron chi connectivity index (χ2n) is 6.71. The molecule has 0 bridgehead atoms. The Hall–Kier alpha value is -4.16. The van der Waals surface area contributed by atoms with Crippen LogP contribution in [0.4, 0.5) is 11.5 Å². The van der Waals surface area contributed by atoms with E-state index in [9.17, 15) is 9.59 Å². The van der Waals surface area contributed by atoms with Crippen LogP contribution in [0.25, 0.3) is 10.9 Å². The number of aromatic nitrogens is 2. The van der Waals surface area contributed by atoms with Gasteiger partial charge in [0, 0.05) is 34.7 Å². The number of carbonyl (C=O) groups excluding carboxylic acids is 2. The minimum atomic E-state index is -0.825. The van der Waals surface area contributed by atoms with Crippen LogP contribution in [0, 0.1) is 12.3 Å². The summed E-state index contributed by atoms with van der Waals surface area (Å²) in [7, 11) is 1.47. The van der Waals surface area contributed by atoms with E-state index < -0.39 is 17.7 Å². The molecule has 31 heavy (non-hydrogen) atoms. The molecule has 158 valence electrons. The minimum absolute atomic E-state index is 0.0876. The van der Waals surface area contributed by atoms with Crippen molar-refractivity contribution in [1.82, 2.24) is 15.4 Å². The third kappa shape index (κ3) is 4.88. The number of hydroxylamine groups is 1. The van der Waals surface area contributed by atoms with Gasteiger partial charge in [-0.3, -0.25) is 14.8 Å². The number of benzene rings is 2. The Morgan fingerprint density at radius 2 is 2.10 bits per heavy atom. The second-order valence-corrected chi connectivity index (χ2v) is 6.71. The number of carbonyl (C=O) groups is 2. The first-order chi connectivity index (χ1) is 15.0. The zero-order valence-corrected chi connectivity index (χ0v) is 16.8. The van der Waals surface area contributed by atoms with E-state index in [1.807, 2.05) is 18.2 Å². The molecule has 0 aliphatic carbocycles. The highest BCUT2D eigenvalue weighted by atomic mass is 16.5. The number of anilines is 2. The Balaban J connectivity index is 2.07. The van der Waals surface area contributed by atoms with Crippen molar-refractivity contribution in [1.29, 1.82) is 0 Å². The maximum absolute atomic E-state index is 12.2. The fourth-order valence-electron chi connectivity index (χ4n) is 3.26. The molecule has 9 nitrogen and oxygen atoms in total. The standard InChI is InChI=1S/C22H21N5O4/c1-3-13-5-4-6-14(9-13)26-22-17-10-16(15(21(23)29)7-8-20(28)27-30)19(31-2)11-18(17)24-12-25-22/h1,4-6,9-12,15,30H,7-8H2,2H3,(H2,23,29)(H,27,28)(H,24,25,26). The van der Waals surface area contributed by atoms with Crippen LogP contribution in [0.15, 0.2) is 42.7 Å². The molecule has 1 atom stereocenters. The Morgan fingerprint density at radius 1 is 1.29 bits per heavy atom. The number of amides is 2. The summed E-state index contributed by atoms with van der Waals surface area (Å²) >= 11 is 0. The van der Waals surface area contributed by atoms with Crippen molar-refractivity contribution in [3.63, 3.8) is 0 Å². The van der Waals surface area contributed by atoms with Crippen LogP contribution in [0.2, 0.25) is 0 Å². The normalized spacial score (nSPS) is 11.4. The van der Waals surface area contributed by atoms with E-state index in [1.165, 1.54) is 13.4 Å². The lowest BCUT2D eigenvalue weighted by Gasteiger charge is -2.18. The zero-order chi connectivity index (χ0) is 22.4. The number of nitrogens with one attached hydrogen (secondary N) is 2. The molecule has 0 saturated carbocycles. The second kappa shape index (κ2) is 9.56. The maximum atomic E-state index is 12.2. The van der Waals surface area contributed by atoms with Crippen LogP contribution in [-0.2, 0) is 9.59 Å². The van der Waals surface area contributed by atoms with E-state index in [0.717, 1.165) is 5.69 Å². The van der Waals surface area contributed by atoms with Crippen LogP contribution in [0.5, 0.6) is 5.75 Å². The molecule has 0 radical (unpaired) electrons. The molecular formula is C22H21N5O4. The number of primary amides is 1. The van der Waals surface area contributed by atoms with Crippen LogP contribution in [-0.4, -0.2) is 34.1 Å². The van der Waals surface area contributed by atoms with Crippen molar-refractivity contribution in [3.05, 3.63) is 53.9 Å². The van der Waals surface area contributed by atoms with Gasteiger partial charge in [-0.1, -0.05) is 12.0 Å². The molecule has 0 aliphatic rings. The number of nitrogens with zero attached hydrogens (tertiary/aromatic N) is 2. The van der Waals surface area contributed by atoms with Gasteiger partial charge in [-0.05, 0) is 30.7 Å². The molecule has 0 aliphatic heterocycles. The number of hydrogen-bond donors (Lipinski definition) is 4. The minimum Gasteiger partial charge on any atom is -0.496 e. The summed E-state index contributed by atoms with van der Waals surface area (Å²) < 4.78 is 5.45. The summed E-state index contributed by atoms with van der Waals surface area (Å²) in [6.45, 7) is 0. The largest absolute Gasteiger partial charge is 0.496 e. The van der Waals surface area contributed by atoms with Gasteiger partial charge in [-0.15, -0.1) is 6.42 Å². The average Bonchev–Trinajstić information content (AvgIpc) is 2.78. The third-order valence-corrected chi connectivity index (χ3v) is 4.78. The van der Waals surface area contributed by atoms with Gasteiger partial charge in [-0.2, -0.15) is 0 Å². The van der Waals surface area contributed by atoms with Gasteiger partial charge in [0.2, 0.25) is 11.8 Å². The molecule has 3 aromatic rings. The quantitative estimate of drug-likeness (QED) is 0.249. The molecule has 2 aromatic carbocycles. The first kappa shape index (κ1) is 21.5. The number of nitrogens with two attached hydrogens (primary N) is 1. The average molecular weight is 419 g/mol. The van der Waals surface area contributed by atoms with E-state index >= 15 is 0 Å². The molecular weight excluding hydrogens is 398 g/mol. The fraction of sp³-hybridized carbons (Fsp3) is 0.182. The predicted octanol–water partition coefficient (Wildman–Crippen LogP) is 2.22. The van der Waals surface area contributed by atoms with Crippen molar-refractivity contribution in [2.75, 3.05) is 12.4 Å². The van der Waals surface area contributed by atoms with E-state index in [1.54, 1.807) is 23.7 Å². The molecule has 9 heteroatoms. The molecule has 1 heterocycles. The lowest BCUT2D eigenvalue weighted by Crippen LogP contribution is -2.25. The summed E-state index contributed by atoms with van der Waals surface area (Å²) in [5.41, 5.74) is 9.67. The van der Waals surface area contributed by atoms with Crippen molar-refractivity contribution >= 4 is 34.2 Å².